The number of thiazole rings is 1. The van der Waals surface area contributed by atoms with Gasteiger partial charge in [0.1, 0.15) is 11.6 Å². The summed E-state index contributed by atoms with van der Waals surface area (Å²) in [4.78, 5) is 13.9. The third-order valence-electron chi connectivity index (χ3n) is 4.57. The van der Waals surface area contributed by atoms with Crippen LogP contribution in [0.15, 0.2) is 11.6 Å². The van der Waals surface area contributed by atoms with Crippen molar-refractivity contribution in [1.82, 2.24) is 24.7 Å². The maximum absolute atomic E-state index is 5.68. The number of aromatic nitrogens is 5. The van der Waals surface area contributed by atoms with Crippen molar-refractivity contribution in [2.75, 3.05) is 17.6 Å². The van der Waals surface area contributed by atoms with Gasteiger partial charge < -0.3 is 11.1 Å². The van der Waals surface area contributed by atoms with E-state index in [0.717, 1.165) is 41.3 Å². The third kappa shape index (κ3) is 2.93. The molecular formula is C16H21N7S. The molecule has 0 spiro atoms. The first-order chi connectivity index (χ1) is 11.7. The zero-order valence-electron chi connectivity index (χ0n) is 13.7. The molecule has 1 fully saturated rings. The average molecular weight is 343 g/mol. The molecule has 0 aromatic carbocycles. The highest BCUT2D eigenvalue weighted by atomic mass is 32.1. The van der Waals surface area contributed by atoms with Gasteiger partial charge in [-0.05, 0) is 12.8 Å². The van der Waals surface area contributed by atoms with Crippen LogP contribution in [0.2, 0.25) is 0 Å². The molecule has 0 unspecified atom stereocenters. The molecule has 3 N–H and O–H groups in total. The van der Waals surface area contributed by atoms with Crippen LogP contribution in [0, 0.1) is 0 Å². The van der Waals surface area contributed by atoms with Crippen LogP contribution >= 0.6 is 11.3 Å². The van der Waals surface area contributed by atoms with E-state index in [1.807, 2.05) is 23.3 Å². The molecule has 7 nitrogen and oxygen atoms in total. The molecule has 4 rings (SSSR count). The van der Waals surface area contributed by atoms with Crippen LogP contribution in [0.5, 0.6) is 0 Å². The van der Waals surface area contributed by atoms with Gasteiger partial charge in [-0.2, -0.15) is 5.10 Å². The lowest BCUT2D eigenvalue weighted by molar-refractivity contribution is 0.667. The van der Waals surface area contributed by atoms with Gasteiger partial charge in [0.25, 0.3) is 0 Å². The fourth-order valence-electron chi connectivity index (χ4n) is 3.29. The zero-order chi connectivity index (χ0) is 16.5. The van der Waals surface area contributed by atoms with Crippen molar-refractivity contribution in [3.05, 3.63) is 23.1 Å². The summed E-state index contributed by atoms with van der Waals surface area (Å²) in [6, 6.07) is 0. The monoisotopic (exact) mass is 343 g/mol. The number of rotatable bonds is 5. The summed E-state index contributed by atoms with van der Waals surface area (Å²) in [5, 5.41) is 11.4. The minimum Gasteiger partial charge on any atom is -0.375 e. The van der Waals surface area contributed by atoms with E-state index >= 15 is 0 Å². The molecule has 3 aromatic rings. The molecule has 3 heterocycles. The second kappa shape index (κ2) is 6.35. The van der Waals surface area contributed by atoms with Gasteiger partial charge in [0, 0.05) is 31.3 Å². The van der Waals surface area contributed by atoms with Crippen molar-refractivity contribution in [2.24, 2.45) is 7.05 Å². The maximum Gasteiger partial charge on any atom is 0.180 e. The highest BCUT2D eigenvalue weighted by Gasteiger charge is 2.22. The summed E-state index contributed by atoms with van der Waals surface area (Å²) < 4.78 is 1.82. The van der Waals surface area contributed by atoms with Crippen molar-refractivity contribution >= 4 is 33.3 Å². The fourth-order valence-corrected chi connectivity index (χ4v) is 3.88. The smallest absolute Gasteiger partial charge is 0.180 e. The molecule has 1 saturated carbocycles. The van der Waals surface area contributed by atoms with E-state index in [1.54, 1.807) is 0 Å². The molecular weight excluding hydrogens is 322 g/mol. The van der Waals surface area contributed by atoms with Crippen LogP contribution in [0.1, 0.15) is 43.1 Å². The van der Waals surface area contributed by atoms with E-state index in [4.69, 9.17) is 15.7 Å². The van der Waals surface area contributed by atoms with Gasteiger partial charge in [-0.1, -0.05) is 12.8 Å². The van der Waals surface area contributed by atoms with Crippen molar-refractivity contribution in [1.29, 1.82) is 0 Å². The normalized spacial score (nSPS) is 15.4. The number of nitrogens with one attached hydrogen (secondary N) is 1. The van der Waals surface area contributed by atoms with E-state index in [1.165, 1.54) is 37.0 Å². The van der Waals surface area contributed by atoms with Crippen molar-refractivity contribution in [2.45, 2.75) is 38.0 Å². The summed E-state index contributed by atoms with van der Waals surface area (Å²) in [6.45, 7) is 0.758. The Kier molecular flexibility index (Phi) is 4.05. The number of hydrogen-bond donors (Lipinski definition) is 2. The SMILES string of the molecule is Cn1ncc2c(NCCc3csc(N)n3)nc(C3CCCC3)nc21. The Bertz CT molecular complexity index is 847. The van der Waals surface area contributed by atoms with E-state index in [0.29, 0.717) is 11.0 Å². The predicted molar refractivity (Wildman–Crippen MR) is 96.2 cm³/mol. The largest absolute Gasteiger partial charge is 0.375 e. The lowest BCUT2D eigenvalue weighted by Crippen LogP contribution is -2.10. The summed E-state index contributed by atoms with van der Waals surface area (Å²) >= 11 is 1.48. The number of nitrogens with zero attached hydrogens (tertiary/aromatic N) is 5. The topological polar surface area (TPSA) is 94.5 Å². The van der Waals surface area contributed by atoms with Crippen LogP contribution in [0.4, 0.5) is 10.9 Å². The first-order valence-electron chi connectivity index (χ1n) is 8.34. The second-order valence-electron chi connectivity index (χ2n) is 6.27. The summed E-state index contributed by atoms with van der Waals surface area (Å²) in [6.07, 6.45) is 7.55. The van der Waals surface area contributed by atoms with Crippen LogP contribution in [0.25, 0.3) is 11.0 Å². The van der Waals surface area contributed by atoms with Crippen molar-refractivity contribution in [3.63, 3.8) is 0 Å². The van der Waals surface area contributed by atoms with Crippen molar-refractivity contribution in [3.8, 4) is 0 Å². The highest BCUT2D eigenvalue weighted by Crippen LogP contribution is 2.34. The molecule has 0 saturated heterocycles. The number of fused-ring (bicyclic) bond motifs is 1. The number of nitrogen functional groups attached to an aromatic ring is 1. The standard InChI is InChI=1S/C16H21N7S/c1-23-15-12(8-19-23)14(18-7-6-11-9-24-16(17)20-11)21-13(22-15)10-4-2-3-5-10/h8-10H,2-7H2,1H3,(H2,17,20)(H,18,21,22). The first-order valence-corrected chi connectivity index (χ1v) is 9.22. The molecule has 126 valence electrons. The Hall–Kier alpha value is -2.22. The van der Waals surface area contributed by atoms with E-state index in [-0.39, 0.29) is 0 Å². The quantitative estimate of drug-likeness (QED) is 0.740. The number of anilines is 2. The molecule has 1 aliphatic rings. The summed E-state index contributed by atoms with van der Waals surface area (Å²) in [5.74, 6) is 2.30. The molecule has 24 heavy (non-hydrogen) atoms. The molecule has 1 aliphatic carbocycles. The van der Waals surface area contributed by atoms with Gasteiger partial charge in [-0.25, -0.2) is 15.0 Å². The molecule has 0 bridgehead atoms. The van der Waals surface area contributed by atoms with Crippen LogP contribution in [-0.2, 0) is 13.5 Å². The average Bonchev–Trinajstić information content (AvgIpc) is 3.30. The van der Waals surface area contributed by atoms with E-state index in [2.05, 4.69) is 15.4 Å². The number of aryl methyl sites for hydroxylation is 1. The molecule has 8 heteroatoms. The number of nitrogens with two attached hydrogens (primary N) is 1. The molecule has 3 aromatic heterocycles. The Morgan fingerprint density at radius 2 is 2.12 bits per heavy atom. The summed E-state index contributed by atoms with van der Waals surface area (Å²) in [7, 11) is 1.93. The number of hydrogen-bond acceptors (Lipinski definition) is 7. The minimum absolute atomic E-state index is 0.475. The Balaban J connectivity index is 1.58. The van der Waals surface area contributed by atoms with Gasteiger partial charge in [-0.15, -0.1) is 11.3 Å². The lowest BCUT2D eigenvalue weighted by Gasteiger charge is -2.12. The molecule has 0 amide bonds. The Morgan fingerprint density at radius 3 is 2.88 bits per heavy atom. The van der Waals surface area contributed by atoms with Gasteiger partial charge in [0.05, 0.1) is 17.3 Å². The molecule has 0 radical (unpaired) electrons. The van der Waals surface area contributed by atoms with Crippen molar-refractivity contribution < 1.29 is 0 Å². The Labute approximate surface area is 144 Å². The van der Waals surface area contributed by atoms with E-state index in [9.17, 15) is 0 Å². The third-order valence-corrected chi connectivity index (χ3v) is 5.30. The van der Waals surface area contributed by atoms with Crippen LogP contribution < -0.4 is 11.1 Å². The van der Waals surface area contributed by atoms with Gasteiger partial charge in [-0.3, -0.25) is 4.68 Å². The van der Waals surface area contributed by atoms with E-state index < -0.39 is 0 Å². The molecule has 0 atom stereocenters. The Morgan fingerprint density at radius 1 is 1.29 bits per heavy atom. The molecule has 0 aliphatic heterocycles. The van der Waals surface area contributed by atoms with Gasteiger partial charge in [0.2, 0.25) is 0 Å². The van der Waals surface area contributed by atoms with Crippen LogP contribution in [0.3, 0.4) is 0 Å². The maximum atomic E-state index is 5.68. The first kappa shape index (κ1) is 15.3. The van der Waals surface area contributed by atoms with Crippen LogP contribution in [-0.4, -0.2) is 31.3 Å². The predicted octanol–water partition coefficient (Wildman–Crippen LogP) is 2.71. The fraction of sp³-hybridized carbons (Fsp3) is 0.500. The van der Waals surface area contributed by atoms with Gasteiger partial charge >= 0.3 is 0 Å². The van der Waals surface area contributed by atoms with Gasteiger partial charge in [0.15, 0.2) is 10.8 Å². The second-order valence-corrected chi connectivity index (χ2v) is 7.16. The zero-order valence-corrected chi connectivity index (χ0v) is 14.5. The lowest BCUT2D eigenvalue weighted by atomic mass is 10.1. The summed E-state index contributed by atoms with van der Waals surface area (Å²) in [5.41, 5.74) is 7.59. The highest BCUT2D eigenvalue weighted by molar-refractivity contribution is 7.13. The minimum atomic E-state index is 0.475.